The number of hydrogen-bond acceptors (Lipinski definition) is 4. The van der Waals surface area contributed by atoms with Gasteiger partial charge in [0.05, 0.1) is 18.8 Å². The number of nitrogens with zero attached hydrogens (tertiary/aromatic N) is 1. The smallest absolute Gasteiger partial charge is 0.270 e. The van der Waals surface area contributed by atoms with Crippen LogP contribution in [0.5, 0.6) is 5.75 Å². The van der Waals surface area contributed by atoms with Crippen molar-refractivity contribution in [2.45, 2.75) is 6.54 Å². The number of ether oxygens (including phenoxy) is 1. The highest BCUT2D eigenvalue weighted by Crippen LogP contribution is 2.43. The van der Waals surface area contributed by atoms with Gasteiger partial charge in [-0.3, -0.25) is 9.10 Å². The van der Waals surface area contributed by atoms with E-state index in [1.807, 2.05) is 72.8 Å². The lowest BCUT2D eigenvalue weighted by Gasteiger charge is -2.33. The van der Waals surface area contributed by atoms with Gasteiger partial charge in [0.25, 0.3) is 15.9 Å². The summed E-state index contributed by atoms with van der Waals surface area (Å²) in [5.41, 5.74) is 3.03. The summed E-state index contributed by atoms with van der Waals surface area (Å²) >= 11 is 5.91. The average molecular weight is 545 g/mol. The van der Waals surface area contributed by atoms with Gasteiger partial charge in [0.1, 0.15) is 12.4 Å². The van der Waals surface area contributed by atoms with Crippen LogP contribution >= 0.6 is 11.6 Å². The van der Waals surface area contributed by atoms with Gasteiger partial charge in [-0.2, -0.15) is 0 Å². The average Bonchev–Trinajstić information content (AvgIpc) is 2.94. The Labute approximate surface area is 227 Å². The molecule has 1 aliphatic rings. The first kappa shape index (κ1) is 25.6. The summed E-state index contributed by atoms with van der Waals surface area (Å²) in [5, 5.41) is 3.34. The van der Waals surface area contributed by atoms with Crippen molar-refractivity contribution in [2.24, 2.45) is 0 Å². The molecular weight excluding hydrogens is 520 g/mol. The zero-order valence-electron chi connectivity index (χ0n) is 20.4. The summed E-state index contributed by atoms with van der Waals surface area (Å²) < 4.78 is 35.3. The summed E-state index contributed by atoms with van der Waals surface area (Å²) in [5.74, 6) is -0.0859. The molecule has 0 aliphatic carbocycles. The SMILES string of the molecule is O=C(NCCOc1ccc(Cl)cc1)C1=C(c2ccccc2)c2ccccc2N(Cc2ccccc2)S1(=O)=O. The van der Waals surface area contributed by atoms with Crippen molar-refractivity contribution < 1.29 is 17.9 Å². The summed E-state index contributed by atoms with van der Waals surface area (Å²) in [6, 6.07) is 32.6. The van der Waals surface area contributed by atoms with E-state index in [-0.39, 0.29) is 24.6 Å². The van der Waals surface area contributed by atoms with E-state index < -0.39 is 15.9 Å². The topological polar surface area (TPSA) is 75.7 Å². The third kappa shape index (κ3) is 5.30. The highest BCUT2D eigenvalue weighted by molar-refractivity contribution is 7.97. The van der Waals surface area contributed by atoms with Crippen LogP contribution in [0.25, 0.3) is 5.57 Å². The Morgan fingerprint density at radius 3 is 2.16 bits per heavy atom. The molecule has 5 rings (SSSR count). The van der Waals surface area contributed by atoms with Crippen LogP contribution < -0.4 is 14.4 Å². The van der Waals surface area contributed by atoms with E-state index >= 15 is 0 Å². The number of amides is 1. The lowest BCUT2D eigenvalue weighted by Crippen LogP contribution is -2.42. The van der Waals surface area contributed by atoms with Gasteiger partial charge in [0.2, 0.25) is 0 Å². The highest BCUT2D eigenvalue weighted by Gasteiger charge is 2.41. The standard InChI is InChI=1S/C30H25ClN2O4S/c31-24-15-17-25(18-16-24)37-20-19-32-30(34)29-28(23-11-5-2-6-12-23)26-13-7-8-14-27(26)33(38(29,35)36)21-22-9-3-1-4-10-22/h1-18H,19-21H2,(H,32,34). The van der Waals surface area contributed by atoms with Crippen LogP contribution in [-0.4, -0.2) is 27.5 Å². The Morgan fingerprint density at radius 2 is 1.45 bits per heavy atom. The van der Waals surface area contributed by atoms with Crippen molar-refractivity contribution in [3.8, 4) is 5.75 Å². The highest BCUT2D eigenvalue weighted by atomic mass is 35.5. The second-order valence-corrected chi connectivity index (χ2v) is 10.9. The number of carbonyl (C=O) groups excluding carboxylic acids is 1. The molecule has 0 bridgehead atoms. The van der Waals surface area contributed by atoms with Crippen molar-refractivity contribution in [2.75, 3.05) is 17.5 Å². The number of sulfonamides is 1. The molecule has 0 atom stereocenters. The molecule has 4 aromatic rings. The van der Waals surface area contributed by atoms with Gasteiger partial charge in [-0.1, -0.05) is 90.5 Å². The molecule has 1 heterocycles. The molecule has 8 heteroatoms. The minimum absolute atomic E-state index is 0.0959. The van der Waals surface area contributed by atoms with Gasteiger partial charge in [-0.15, -0.1) is 0 Å². The Balaban J connectivity index is 1.52. The second kappa shape index (κ2) is 11.1. The van der Waals surface area contributed by atoms with Gasteiger partial charge < -0.3 is 10.1 Å². The van der Waals surface area contributed by atoms with Crippen molar-refractivity contribution >= 4 is 38.8 Å². The molecule has 0 saturated heterocycles. The van der Waals surface area contributed by atoms with Crippen molar-refractivity contribution in [1.82, 2.24) is 5.32 Å². The van der Waals surface area contributed by atoms with Crippen molar-refractivity contribution in [3.05, 3.63) is 136 Å². The fourth-order valence-electron chi connectivity index (χ4n) is 4.38. The van der Waals surface area contributed by atoms with Crippen LogP contribution in [0.4, 0.5) is 5.69 Å². The minimum Gasteiger partial charge on any atom is -0.492 e. The zero-order valence-corrected chi connectivity index (χ0v) is 22.0. The van der Waals surface area contributed by atoms with Gasteiger partial charge in [0, 0.05) is 16.2 Å². The lowest BCUT2D eigenvalue weighted by atomic mass is 9.95. The number of nitrogens with one attached hydrogen (secondary N) is 1. The first-order valence-corrected chi connectivity index (χ1v) is 13.9. The Bertz CT molecular complexity index is 1570. The number of para-hydroxylation sites is 1. The van der Waals surface area contributed by atoms with Crippen LogP contribution in [-0.2, 0) is 21.4 Å². The fourth-order valence-corrected chi connectivity index (χ4v) is 6.26. The normalized spacial score (nSPS) is 14.1. The molecule has 1 aliphatic heterocycles. The number of anilines is 1. The molecule has 0 aromatic heterocycles. The minimum atomic E-state index is -4.22. The number of carbonyl (C=O) groups is 1. The lowest BCUT2D eigenvalue weighted by molar-refractivity contribution is -0.116. The molecule has 1 amide bonds. The number of fused-ring (bicyclic) bond motifs is 1. The molecule has 4 aromatic carbocycles. The van der Waals surface area contributed by atoms with Crippen LogP contribution in [0.15, 0.2) is 114 Å². The van der Waals surface area contributed by atoms with Gasteiger partial charge >= 0.3 is 0 Å². The molecule has 1 N–H and O–H groups in total. The molecular formula is C30H25ClN2O4S. The predicted octanol–water partition coefficient (Wildman–Crippen LogP) is 5.64. The summed E-state index contributed by atoms with van der Waals surface area (Å²) in [6.07, 6.45) is 0. The summed E-state index contributed by atoms with van der Waals surface area (Å²) in [7, 11) is -4.22. The third-order valence-corrected chi connectivity index (χ3v) is 8.19. The Kier molecular flexibility index (Phi) is 7.49. The predicted molar refractivity (Wildman–Crippen MR) is 150 cm³/mol. The van der Waals surface area contributed by atoms with Crippen LogP contribution in [0.1, 0.15) is 16.7 Å². The number of rotatable bonds is 8. The number of benzene rings is 4. The largest absolute Gasteiger partial charge is 0.492 e. The first-order valence-electron chi connectivity index (χ1n) is 12.1. The summed E-state index contributed by atoms with van der Waals surface area (Å²) in [6.45, 7) is 0.368. The Morgan fingerprint density at radius 1 is 0.816 bits per heavy atom. The van der Waals surface area contributed by atoms with Crippen LogP contribution in [0.2, 0.25) is 5.02 Å². The summed E-state index contributed by atoms with van der Waals surface area (Å²) in [4.78, 5) is 13.3. The molecule has 0 fully saturated rings. The number of hydrogen-bond donors (Lipinski definition) is 1. The maximum atomic E-state index is 14.2. The fraction of sp³-hybridized carbons (Fsp3) is 0.100. The molecule has 38 heavy (non-hydrogen) atoms. The Hall–Kier alpha value is -4.07. The van der Waals surface area contributed by atoms with Crippen LogP contribution in [0.3, 0.4) is 0 Å². The van der Waals surface area contributed by atoms with Gasteiger partial charge in [-0.25, -0.2) is 8.42 Å². The molecule has 0 radical (unpaired) electrons. The molecule has 192 valence electrons. The molecule has 6 nitrogen and oxygen atoms in total. The van der Waals surface area contributed by atoms with E-state index in [0.29, 0.717) is 33.2 Å². The molecule has 0 spiro atoms. The van der Waals surface area contributed by atoms with Gasteiger partial charge in [-0.05, 0) is 41.5 Å². The third-order valence-electron chi connectivity index (χ3n) is 6.12. The van der Waals surface area contributed by atoms with Crippen molar-refractivity contribution in [3.63, 3.8) is 0 Å². The second-order valence-electron chi connectivity index (χ2n) is 8.64. The maximum Gasteiger partial charge on any atom is 0.270 e. The van der Waals surface area contributed by atoms with E-state index in [1.54, 1.807) is 36.4 Å². The monoisotopic (exact) mass is 544 g/mol. The van der Waals surface area contributed by atoms with E-state index in [0.717, 1.165) is 5.56 Å². The number of halogens is 1. The van der Waals surface area contributed by atoms with Crippen molar-refractivity contribution in [1.29, 1.82) is 0 Å². The van der Waals surface area contributed by atoms with E-state index in [2.05, 4.69) is 5.32 Å². The van der Waals surface area contributed by atoms with Gasteiger partial charge in [0.15, 0.2) is 4.91 Å². The molecule has 0 unspecified atom stereocenters. The maximum absolute atomic E-state index is 14.2. The quantitative estimate of drug-likeness (QED) is 0.291. The van der Waals surface area contributed by atoms with E-state index in [1.165, 1.54) is 4.31 Å². The van der Waals surface area contributed by atoms with Crippen LogP contribution in [0, 0.1) is 0 Å². The molecule has 0 saturated carbocycles. The first-order chi connectivity index (χ1) is 18.4. The van der Waals surface area contributed by atoms with E-state index in [4.69, 9.17) is 16.3 Å². The van der Waals surface area contributed by atoms with E-state index in [9.17, 15) is 13.2 Å². The zero-order chi connectivity index (χ0) is 26.5.